The first-order valence-electron chi connectivity index (χ1n) is 12.0. The van der Waals surface area contributed by atoms with Crippen LogP contribution in [0.2, 0.25) is 0 Å². The lowest BCUT2D eigenvalue weighted by Crippen LogP contribution is -2.26. The Hall–Kier alpha value is -4.04. The van der Waals surface area contributed by atoms with Gasteiger partial charge in [0.1, 0.15) is 5.82 Å². The van der Waals surface area contributed by atoms with Gasteiger partial charge in [-0.05, 0) is 55.8 Å². The number of nitrogens with one attached hydrogen (secondary N) is 2. The number of hydrogen-bond acceptors (Lipinski definition) is 7. The number of likely N-dealkylation sites (tertiary alicyclic amines) is 1. The second-order valence-corrected chi connectivity index (χ2v) is 8.81. The predicted molar refractivity (Wildman–Crippen MR) is 146 cm³/mol. The van der Waals surface area contributed by atoms with Gasteiger partial charge in [0.05, 0.1) is 11.9 Å². The number of benzene rings is 2. The normalized spacial score (nSPS) is 13.3. The summed E-state index contributed by atoms with van der Waals surface area (Å²) in [5.41, 5.74) is 9.83. The van der Waals surface area contributed by atoms with Crippen LogP contribution >= 0.6 is 0 Å². The fourth-order valence-electron chi connectivity index (χ4n) is 4.39. The number of amides is 1. The van der Waals surface area contributed by atoms with Crippen molar-refractivity contribution in [2.45, 2.75) is 26.7 Å². The van der Waals surface area contributed by atoms with Gasteiger partial charge in [-0.3, -0.25) is 4.79 Å². The molecule has 186 valence electrons. The summed E-state index contributed by atoms with van der Waals surface area (Å²) >= 11 is 0. The van der Waals surface area contributed by atoms with Gasteiger partial charge in [-0.15, -0.1) is 0 Å². The van der Waals surface area contributed by atoms with Crippen molar-refractivity contribution in [3.8, 4) is 11.1 Å². The lowest BCUT2D eigenvalue weighted by atomic mass is 10.0. The molecule has 3 heterocycles. The minimum atomic E-state index is -0.350. The van der Waals surface area contributed by atoms with E-state index in [1.54, 1.807) is 0 Å². The Labute approximate surface area is 212 Å². The van der Waals surface area contributed by atoms with E-state index in [-0.39, 0.29) is 19.8 Å². The number of nitrogens with two attached hydrogens (primary N) is 1. The number of para-hydroxylation sites is 1. The van der Waals surface area contributed by atoms with Gasteiger partial charge in [0.25, 0.3) is 0 Å². The molecule has 2 aromatic carbocycles. The smallest absolute Gasteiger partial charge is 0.227 e. The van der Waals surface area contributed by atoms with Gasteiger partial charge in [0.15, 0.2) is 0 Å². The zero-order chi connectivity index (χ0) is 24.0. The van der Waals surface area contributed by atoms with Crippen molar-refractivity contribution >= 4 is 34.3 Å². The first-order valence-corrected chi connectivity index (χ1v) is 12.0. The van der Waals surface area contributed by atoms with Gasteiger partial charge in [0.2, 0.25) is 11.9 Å². The Kier molecular flexibility index (Phi) is 8.07. The molecular weight excluding hydrogens is 450 g/mol. The molecule has 2 aromatic heterocycles. The summed E-state index contributed by atoms with van der Waals surface area (Å²) in [7, 11) is 0. The maximum atomic E-state index is 11.1. The molecule has 1 aliphatic heterocycles. The van der Waals surface area contributed by atoms with Crippen molar-refractivity contribution in [3.63, 3.8) is 0 Å². The fraction of sp³-hybridized carbons (Fsp3) is 0.286. The van der Waals surface area contributed by atoms with Gasteiger partial charge < -0.3 is 21.3 Å². The number of rotatable bonds is 9. The molecular formula is C28H33N7O. The van der Waals surface area contributed by atoms with Crippen LogP contribution in [0.5, 0.6) is 0 Å². The van der Waals surface area contributed by atoms with Crippen LogP contribution in [0.15, 0.2) is 67.0 Å². The third-order valence-corrected chi connectivity index (χ3v) is 6.21. The SMILES string of the molecule is C.NC(=O)Cc1ccc(Nc2ncc3cccc(-c4ccc(NCCN5CCCC5)nc4)c3n2)cc1. The highest BCUT2D eigenvalue weighted by atomic mass is 16.1. The Bertz CT molecular complexity index is 1300. The summed E-state index contributed by atoms with van der Waals surface area (Å²) in [5.74, 6) is 1.03. The third kappa shape index (κ3) is 6.14. The van der Waals surface area contributed by atoms with Crippen LogP contribution in [-0.4, -0.2) is 51.9 Å². The maximum absolute atomic E-state index is 11.1. The van der Waals surface area contributed by atoms with Crippen molar-refractivity contribution in [2.75, 3.05) is 36.8 Å². The van der Waals surface area contributed by atoms with E-state index in [1.165, 1.54) is 25.9 Å². The molecule has 1 amide bonds. The van der Waals surface area contributed by atoms with Gasteiger partial charge in [-0.1, -0.05) is 37.8 Å². The van der Waals surface area contributed by atoms with E-state index in [9.17, 15) is 4.79 Å². The molecule has 4 N–H and O–H groups in total. The van der Waals surface area contributed by atoms with Crippen LogP contribution in [0.1, 0.15) is 25.8 Å². The molecule has 5 rings (SSSR count). The van der Waals surface area contributed by atoms with E-state index in [4.69, 9.17) is 10.7 Å². The molecule has 36 heavy (non-hydrogen) atoms. The zero-order valence-electron chi connectivity index (χ0n) is 19.6. The second-order valence-electron chi connectivity index (χ2n) is 8.81. The summed E-state index contributed by atoms with van der Waals surface area (Å²) in [4.78, 5) is 27.5. The van der Waals surface area contributed by atoms with Crippen LogP contribution in [0.25, 0.3) is 22.0 Å². The Morgan fingerprint density at radius 3 is 2.50 bits per heavy atom. The van der Waals surface area contributed by atoms with Crippen molar-refractivity contribution in [3.05, 3.63) is 72.6 Å². The first-order chi connectivity index (χ1) is 17.1. The quantitative estimate of drug-likeness (QED) is 0.319. The van der Waals surface area contributed by atoms with Crippen LogP contribution in [-0.2, 0) is 11.2 Å². The number of hydrogen-bond donors (Lipinski definition) is 3. The highest BCUT2D eigenvalue weighted by molar-refractivity contribution is 5.93. The Morgan fingerprint density at radius 2 is 1.78 bits per heavy atom. The summed E-state index contributed by atoms with van der Waals surface area (Å²) < 4.78 is 0. The van der Waals surface area contributed by atoms with Crippen LogP contribution in [0, 0.1) is 0 Å². The van der Waals surface area contributed by atoms with E-state index in [0.717, 1.165) is 52.2 Å². The first kappa shape index (κ1) is 25.1. The lowest BCUT2D eigenvalue weighted by Gasteiger charge is -2.15. The number of fused-ring (bicyclic) bond motifs is 1. The number of primary amides is 1. The van der Waals surface area contributed by atoms with Crippen molar-refractivity contribution in [1.82, 2.24) is 19.9 Å². The number of pyridine rings is 1. The molecule has 0 radical (unpaired) electrons. The summed E-state index contributed by atoms with van der Waals surface area (Å²) in [6.07, 6.45) is 6.54. The molecule has 1 aliphatic rings. The molecule has 0 spiro atoms. The van der Waals surface area contributed by atoms with Crippen LogP contribution in [0.3, 0.4) is 0 Å². The van der Waals surface area contributed by atoms with Crippen LogP contribution < -0.4 is 16.4 Å². The average molecular weight is 484 g/mol. The molecule has 0 aliphatic carbocycles. The van der Waals surface area contributed by atoms with Crippen molar-refractivity contribution in [1.29, 1.82) is 0 Å². The third-order valence-electron chi connectivity index (χ3n) is 6.21. The fourth-order valence-corrected chi connectivity index (χ4v) is 4.39. The second kappa shape index (κ2) is 11.6. The number of nitrogens with zero attached hydrogens (tertiary/aromatic N) is 4. The lowest BCUT2D eigenvalue weighted by molar-refractivity contribution is -0.117. The van der Waals surface area contributed by atoms with Gasteiger partial charge in [0, 0.05) is 47.7 Å². The van der Waals surface area contributed by atoms with E-state index < -0.39 is 0 Å². The van der Waals surface area contributed by atoms with Crippen molar-refractivity contribution in [2.24, 2.45) is 5.73 Å². The minimum Gasteiger partial charge on any atom is -0.369 e. The molecule has 8 heteroatoms. The molecule has 0 unspecified atom stereocenters. The predicted octanol–water partition coefficient (Wildman–Crippen LogP) is 4.61. The minimum absolute atomic E-state index is 0. The van der Waals surface area contributed by atoms with Gasteiger partial charge in [-0.25, -0.2) is 15.0 Å². The molecule has 1 saturated heterocycles. The summed E-state index contributed by atoms with van der Waals surface area (Å²) in [6, 6.07) is 17.7. The van der Waals surface area contributed by atoms with E-state index in [2.05, 4.69) is 37.6 Å². The molecule has 0 atom stereocenters. The number of carbonyl (C=O) groups excluding carboxylic acids is 1. The Balaban J connectivity index is 0.00000304. The highest BCUT2D eigenvalue weighted by Gasteiger charge is 2.11. The molecule has 1 fully saturated rings. The largest absolute Gasteiger partial charge is 0.369 e. The topological polar surface area (TPSA) is 109 Å². The maximum Gasteiger partial charge on any atom is 0.227 e. The standard InChI is InChI=1S/C27H29N7O.CH4/c28-24(35)16-19-6-9-22(10-7-19)32-27-31-18-21-4-3-5-23(26(21)33-27)20-8-11-25(30-17-20)29-12-15-34-13-1-2-14-34;/h3-11,17-18H,1-2,12-16H2,(H2,28,35)(H,29,30)(H,31,32,33);1H4. The average Bonchev–Trinajstić information content (AvgIpc) is 3.39. The summed E-state index contributed by atoms with van der Waals surface area (Å²) in [5, 5.41) is 7.62. The number of anilines is 3. The van der Waals surface area contributed by atoms with Crippen LogP contribution in [0.4, 0.5) is 17.5 Å². The Morgan fingerprint density at radius 1 is 0.972 bits per heavy atom. The monoisotopic (exact) mass is 483 g/mol. The van der Waals surface area contributed by atoms with E-state index in [0.29, 0.717) is 5.95 Å². The highest BCUT2D eigenvalue weighted by Crippen LogP contribution is 2.28. The molecule has 8 nitrogen and oxygen atoms in total. The number of aromatic nitrogens is 3. The van der Waals surface area contributed by atoms with Crippen molar-refractivity contribution < 1.29 is 4.79 Å². The van der Waals surface area contributed by atoms with E-state index in [1.807, 2.05) is 54.9 Å². The van der Waals surface area contributed by atoms with Gasteiger partial charge in [-0.2, -0.15) is 0 Å². The van der Waals surface area contributed by atoms with E-state index >= 15 is 0 Å². The zero-order valence-corrected chi connectivity index (χ0v) is 19.6. The molecule has 4 aromatic rings. The number of carbonyl (C=O) groups is 1. The molecule has 0 bridgehead atoms. The van der Waals surface area contributed by atoms with Gasteiger partial charge >= 0.3 is 0 Å². The molecule has 0 saturated carbocycles. The summed E-state index contributed by atoms with van der Waals surface area (Å²) in [6.45, 7) is 4.35.